The summed E-state index contributed by atoms with van der Waals surface area (Å²) in [6, 6.07) is 0. The van der Waals surface area contributed by atoms with Crippen molar-refractivity contribution in [3.63, 3.8) is 0 Å². The molecule has 18 heavy (non-hydrogen) atoms. The van der Waals surface area contributed by atoms with Crippen LogP contribution in [0.3, 0.4) is 0 Å². The molecule has 0 unspecified atom stereocenters. The first-order chi connectivity index (χ1) is 8.83. The third kappa shape index (κ3) is 4.51. The highest BCUT2D eigenvalue weighted by molar-refractivity contribution is 5.48. The van der Waals surface area contributed by atoms with Crippen molar-refractivity contribution in [3.8, 4) is 5.88 Å². The van der Waals surface area contributed by atoms with Crippen molar-refractivity contribution in [2.24, 2.45) is 0 Å². The largest absolute Gasteiger partial charge is 0.477 e. The van der Waals surface area contributed by atoms with Gasteiger partial charge in [-0.15, -0.1) is 0 Å². The van der Waals surface area contributed by atoms with Crippen LogP contribution in [0.5, 0.6) is 5.88 Å². The van der Waals surface area contributed by atoms with E-state index in [0.29, 0.717) is 0 Å². The standard InChI is InChI=1S/C14H25N3O/c1-4-6-7-8-9-10-18-14-12(5-2)13(15-3)16-11-17-14/h11H,4-10H2,1-3H3,(H,15,16,17). The second-order valence-corrected chi connectivity index (χ2v) is 4.37. The van der Waals surface area contributed by atoms with E-state index < -0.39 is 0 Å². The predicted octanol–water partition coefficient (Wildman–Crippen LogP) is 3.43. The number of hydrogen-bond acceptors (Lipinski definition) is 4. The van der Waals surface area contributed by atoms with Crippen LogP contribution in [0.1, 0.15) is 51.5 Å². The molecular weight excluding hydrogens is 226 g/mol. The molecule has 0 aliphatic rings. The molecule has 0 bridgehead atoms. The van der Waals surface area contributed by atoms with E-state index in [0.717, 1.165) is 36.7 Å². The van der Waals surface area contributed by atoms with Gasteiger partial charge < -0.3 is 10.1 Å². The van der Waals surface area contributed by atoms with Crippen LogP contribution in [-0.2, 0) is 6.42 Å². The fourth-order valence-corrected chi connectivity index (χ4v) is 1.93. The van der Waals surface area contributed by atoms with E-state index in [-0.39, 0.29) is 0 Å². The van der Waals surface area contributed by atoms with Crippen molar-refractivity contribution < 1.29 is 4.74 Å². The van der Waals surface area contributed by atoms with Crippen LogP contribution in [0.2, 0.25) is 0 Å². The van der Waals surface area contributed by atoms with Gasteiger partial charge in [0.2, 0.25) is 5.88 Å². The van der Waals surface area contributed by atoms with E-state index in [4.69, 9.17) is 4.74 Å². The number of anilines is 1. The van der Waals surface area contributed by atoms with Crippen LogP contribution < -0.4 is 10.1 Å². The highest BCUT2D eigenvalue weighted by Crippen LogP contribution is 2.22. The zero-order valence-corrected chi connectivity index (χ0v) is 11.8. The van der Waals surface area contributed by atoms with Gasteiger partial charge in [-0.3, -0.25) is 0 Å². The van der Waals surface area contributed by atoms with E-state index in [1.807, 2.05) is 7.05 Å². The number of aromatic nitrogens is 2. The molecule has 4 heteroatoms. The maximum Gasteiger partial charge on any atom is 0.221 e. The lowest BCUT2D eigenvalue weighted by molar-refractivity contribution is 0.290. The van der Waals surface area contributed by atoms with Gasteiger partial charge in [-0.1, -0.05) is 39.5 Å². The first kappa shape index (κ1) is 14.7. The zero-order chi connectivity index (χ0) is 13.2. The van der Waals surface area contributed by atoms with Gasteiger partial charge in [0, 0.05) is 7.05 Å². The minimum absolute atomic E-state index is 0.729. The van der Waals surface area contributed by atoms with Crippen molar-refractivity contribution in [1.29, 1.82) is 0 Å². The molecule has 0 aromatic carbocycles. The molecule has 0 fully saturated rings. The highest BCUT2D eigenvalue weighted by atomic mass is 16.5. The van der Waals surface area contributed by atoms with E-state index in [9.17, 15) is 0 Å². The quantitative estimate of drug-likeness (QED) is 0.683. The molecule has 0 spiro atoms. The molecule has 1 N–H and O–H groups in total. The van der Waals surface area contributed by atoms with Crippen LogP contribution in [0.25, 0.3) is 0 Å². The van der Waals surface area contributed by atoms with Gasteiger partial charge in [-0.25, -0.2) is 9.97 Å². The third-order valence-corrected chi connectivity index (χ3v) is 2.98. The molecule has 1 rings (SSSR count). The molecule has 1 heterocycles. The summed E-state index contributed by atoms with van der Waals surface area (Å²) >= 11 is 0. The molecule has 0 atom stereocenters. The van der Waals surface area contributed by atoms with E-state index in [1.165, 1.54) is 25.7 Å². The fourth-order valence-electron chi connectivity index (χ4n) is 1.93. The number of nitrogens with zero attached hydrogens (tertiary/aromatic N) is 2. The number of rotatable bonds is 9. The van der Waals surface area contributed by atoms with E-state index in [1.54, 1.807) is 6.33 Å². The fraction of sp³-hybridized carbons (Fsp3) is 0.714. The average Bonchev–Trinajstić information content (AvgIpc) is 2.42. The van der Waals surface area contributed by atoms with Crippen LogP contribution in [-0.4, -0.2) is 23.6 Å². The molecule has 102 valence electrons. The highest BCUT2D eigenvalue weighted by Gasteiger charge is 2.09. The summed E-state index contributed by atoms with van der Waals surface area (Å²) in [4.78, 5) is 8.41. The molecule has 0 radical (unpaired) electrons. The summed E-state index contributed by atoms with van der Waals surface area (Å²) in [5.41, 5.74) is 1.06. The minimum Gasteiger partial charge on any atom is -0.477 e. The van der Waals surface area contributed by atoms with Crippen LogP contribution in [0.15, 0.2) is 6.33 Å². The summed E-state index contributed by atoms with van der Waals surface area (Å²) in [5.74, 6) is 1.60. The lowest BCUT2D eigenvalue weighted by Crippen LogP contribution is -2.06. The summed E-state index contributed by atoms with van der Waals surface area (Å²) in [7, 11) is 1.87. The molecule has 4 nitrogen and oxygen atoms in total. The Morgan fingerprint density at radius 3 is 2.56 bits per heavy atom. The molecule has 0 aliphatic carbocycles. The molecule has 0 saturated heterocycles. The van der Waals surface area contributed by atoms with Crippen molar-refractivity contribution in [1.82, 2.24) is 9.97 Å². The third-order valence-electron chi connectivity index (χ3n) is 2.98. The smallest absolute Gasteiger partial charge is 0.221 e. The zero-order valence-electron chi connectivity index (χ0n) is 11.8. The molecule has 0 saturated carbocycles. The maximum atomic E-state index is 5.76. The topological polar surface area (TPSA) is 47.0 Å². The Labute approximate surface area is 110 Å². The second-order valence-electron chi connectivity index (χ2n) is 4.37. The molecule has 0 amide bonds. The van der Waals surface area contributed by atoms with Gasteiger partial charge in [-0.05, 0) is 12.8 Å². The first-order valence-electron chi connectivity index (χ1n) is 6.97. The Hall–Kier alpha value is -1.32. The van der Waals surface area contributed by atoms with Gasteiger partial charge in [0.25, 0.3) is 0 Å². The lowest BCUT2D eigenvalue weighted by atomic mass is 10.2. The van der Waals surface area contributed by atoms with Gasteiger partial charge in [0.1, 0.15) is 12.1 Å². The minimum atomic E-state index is 0.729. The first-order valence-corrected chi connectivity index (χ1v) is 6.97. The second kappa shape index (κ2) is 8.72. The Morgan fingerprint density at radius 2 is 1.89 bits per heavy atom. The SMILES string of the molecule is CCCCCCCOc1ncnc(NC)c1CC. The van der Waals surface area contributed by atoms with E-state index >= 15 is 0 Å². The summed E-state index contributed by atoms with van der Waals surface area (Å²) < 4.78 is 5.76. The Morgan fingerprint density at radius 1 is 1.11 bits per heavy atom. The normalized spacial score (nSPS) is 10.4. The summed E-state index contributed by atoms with van der Waals surface area (Å²) in [5, 5.41) is 3.07. The number of ether oxygens (including phenoxy) is 1. The number of hydrogen-bond donors (Lipinski definition) is 1. The van der Waals surface area contributed by atoms with Gasteiger partial charge >= 0.3 is 0 Å². The molecule has 1 aromatic heterocycles. The average molecular weight is 251 g/mol. The summed E-state index contributed by atoms with van der Waals surface area (Å²) in [6.07, 6.45) is 8.66. The Bertz CT molecular complexity index is 342. The molecular formula is C14H25N3O. The Balaban J connectivity index is 2.41. The van der Waals surface area contributed by atoms with Crippen LogP contribution in [0.4, 0.5) is 5.82 Å². The van der Waals surface area contributed by atoms with Gasteiger partial charge in [0.05, 0.1) is 12.2 Å². The summed E-state index contributed by atoms with van der Waals surface area (Å²) in [6.45, 7) is 5.06. The Kier molecular flexibility index (Phi) is 7.14. The number of unbranched alkanes of at least 4 members (excludes halogenated alkanes) is 4. The van der Waals surface area contributed by atoms with Crippen molar-refractivity contribution in [2.75, 3.05) is 19.0 Å². The van der Waals surface area contributed by atoms with Crippen LogP contribution >= 0.6 is 0 Å². The van der Waals surface area contributed by atoms with Crippen molar-refractivity contribution in [3.05, 3.63) is 11.9 Å². The maximum absolute atomic E-state index is 5.76. The van der Waals surface area contributed by atoms with E-state index in [2.05, 4.69) is 29.1 Å². The lowest BCUT2D eigenvalue weighted by Gasteiger charge is -2.11. The van der Waals surface area contributed by atoms with Gasteiger partial charge in [0.15, 0.2) is 0 Å². The number of nitrogens with one attached hydrogen (secondary N) is 1. The van der Waals surface area contributed by atoms with Crippen molar-refractivity contribution >= 4 is 5.82 Å². The molecule has 0 aliphatic heterocycles. The van der Waals surface area contributed by atoms with Gasteiger partial charge in [-0.2, -0.15) is 0 Å². The predicted molar refractivity (Wildman–Crippen MR) is 75.2 cm³/mol. The molecule has 1 aromatic rings. The van der Waals surface area contributed by atoms with Crippen LogP contribution in [0, 0.1) is 0 Å². The van der Waals surface area contributed by atoms with Crippen molar-refractivity contribution in [2.45, 2.75) is 52.4 Å². The monoisotopic (exact) mass is 251 g/mol.